The van der Waals surface area contributed by atoms with E-state index in [2.05, 4.69) is 5.32 Å². The molecule has 3 N–H and O–H groups in total. The molecule has 0 fully saturated rings. The van der Waals surface area contributed by atoms with Crippen molar-refractivity contribution in [2.75, 3.05) is 26.4 Å². The van der Waals surface area contributed by atoms with E-state index in [9.17, 15) is 22.4 Å². The van der Waals surface area contributed by atoms with Gasteiger partial charge in [0.25, 0.3) is 5.91 Å². The van der Waals surface area contributed by atoms with Crippen molar-refractivity contribution in [3.05, 3.63) is 53.3 Å². The van der Waals surface area contributed by atoms with Gasteiger partial charge in [0.05, 0.1) is 23.7 Å². The van der Waals surface area contributed by atoms with Crippen LogP contribution < -0.4 is 19.9 Å². The third-order valence-electron chi connectivity index (χ3n) is 4.16. The topological polar surface area (TPSA) is 134 Å². The Kier molecular flexibility index (Phi) is 8.97. The Bertz CT molecular complexity index is 1070. The summed E-state index contributed by atoms with van der Waals surface area (Å²) in [5.74, 6) is -1.54. The van der Waals surface area contributed by atoms with E-state index in [1.54, 1.807) is 6.07 Å². The first-order valence-corrected chi connectivity index (χ1v) is 11.3. The van der Waals surface area contributed by atoms with Gasteiger partial charge in [-0.2, -0.15) is 0 Å². The van der Waals surface area contributed by atoms with Crippen LogP contribution >= 0.6 is 0 Å². The van der Waals surface area contributed by atoms with Gasteiger partial charge in [0.15, 0.2) is 18.1 Å². The predicted molar refractivity (Wildman–Crippen MR) is 114 cm³/mol. The Morgan fingerprint density at radius 2 is 1.72 bits per heavy atom. The monoisotopic (exact) mass is 468 g/mol. The fraction of sp³-hybridized carbons (Fsp3) is 0.333. The maximum atomic E-state index is 13.8. The van der Waals surface area contributed by atoms with Crippen LogP contribution in [0.4, 0.5) is 4.39 Å². The first-order valence-electron chi connectivity index (χ1n) is 9.80. The molecule has 1 amide bonds. The number of benzene rings is 2. The Balaban J connectivity index is 1.88. The molecule has 0 saturated carbocycles. The van der Waals surface area contributed by atoms with Crippen LogP contribution in [0.25, 0.3) is 0 Å². The van der Waals surface area contributed by atoms with Crippen LogP contribution in [0.1, 0.15) is 29.8 Å². The van der Waals surface area contributed by atoms with Gasteiger partial charge in [0, 0.05) is 6.54 Å². The lowest BCUT2D eigenvalue weighted by Gasteiger charge is -2.12. The summed E-state index contributed by atoms with van der Waals surface area (Å²) >= 11 is 0. The number of esters is 1. The lowest BCUT2D eigenvalue weighted by atomic mass is 10.1. The molecule has 0 bridgehead atoms. The number of halogens is 1. The minimum absolute atomic E-state index is 0.255. The molecule has 0 heterocycles. The molecule has 0 aromatic heterocycles. The molecule has 32 heavy (non-hydrogen) atoms. The van der Waals surface area contributed by atoms with Crippen LogP contribution in [-0.4, -0.2) is 46.7 Å². The quantitative estimate of drug-likeness (QED) is 0.480. The SMILES string of the molecule is CCOc1ccc(CCNC(=O)COC(=O)c2cc(S(N)(=O)=O)ccc2F)cc1OCC. The van der Waals surface area contributed by atoms with Crippen LogP contribution in [0.3, 0.4) is 0 Å². The number of nitrogens with two attached hydrogens (primary N) is 1. The molecule has 2 aromatic carbocycles. The fourth-order valence-corrected chi connectivity index (χ4v) is 3.23. The number of sulfonamides is 1. The van der Waals surface area contributed by atoms with Crippen molar-refractivity contribution in [3.8, 4) is 11.5 Å². The lowest BCUT2D eigenvalue weighted by molar-refractivity contribution is -0.124. The van der Waals surface area contributed by atoms with Crippen LogP contribution in [0.5, 0.6) is 11.5 Å². The van der Waals surface area contributed by atoms with E-state index in [-0.39, 0.29) is 6.54 Å². The Hall–Kier alpha value is -3.18. The van der Waals surface area contributed by atoms with E-state index < -0.39 is 44.8 Å². The van der Waals surface area contributed by atoms with Gasteiger partial charge in [0.2, 0.25) is 10.0 Å². The third-order valence-corrected chi connectivity index (χ3v) is 5.08. The highest BCUT2D eigenvalue weighted by molar-refractivity contribution is 7.89. The third kappa shape index (κ3) is 7.20. The summed E-state index contributed by atoms with van der Waals surface area (Å²) < 4.78 is 52.4. The van der Waals surface area contributed by atoms with Gasteiger partial charge in [-0.15, -0.1) is 0 Å². The maximum Gasteiger partial charge on any atom is 0.341 e. The number of hydrogen-bond acceptors (Lipinski definition) is 7. The van der Waals surface area contributed by atoms with Crippen molar-refractivity contribution < 1.29 is 36.6 Å². The molecule has 2 rings (SSSR count). The fourth-order valence-electron chi connectivity index (χ4n) is 2.69. The van der Waals surface area contributed by atoms with E-state index in [1.165, 1.54) is 0 Å². The minimum Gasteiger partial charge on any atom is -0.490 e. The Morgan fingerprint density at radius 1 is 1.03 bits per heavy atom. The summed E-state index contributed by atoms with van der Waals surface area (Å²) in [5, 5.41) is 7.55. The van der Waals surface area contributed by atoms with Gasteiger partial charge in [-0.05, 0) is 56.2 Å². The van der Waals surface area contributed by atoms with Crippen molar-refractivity contribution in [1.29, 1.82) is 0 Å². The molecule has 0 radical (unpaired) electrons. The number of nitrogens with one attached hydrogen (secondary N) is 1. The summed E-state index contributed by atoms with van der Waals surface area (Å²) in [4.78, 5) is 23.5. The first-order chi connectivity index (χ1) is 15.2. The highest BCUT2D eigenvalue weighted by atomic mass is 32.2. The van der Waals surface area contributed by atoms with E-state index in [1.807, 2.05) is 26.0 Å². The molecule has 0 aliphatic carbocycles. The standard InChI is InChI=1S/C21H25FN2O7S/c1-3-29-18-8-5-14(11-19(18)30-4-2)9-10-24-20(25)13-31-21(26)16-12-15(32(23,27)28)6-7-17(16)22/h5-8,11-12H,3-4,9-10,13H2,1-2H3,(H,24,25)(H2,23,27,28). The summed E-state index contributed by atoms with van der Waals surface area (Å²) in [6.07, 6.45) is 0.483. The maximum absolute atomic E-state index is 13.8. The second-order valence-electron chi connectivity index (χ2n) is 6.51. The Morgan fingerprint density at radius 3 is 2.38 bits per heavy atom. The Labute approximate surface area is 185 Å². The van der Waals surface area contributed by atoms with Crippen LogP contribution in [0.2, 0.25) is 0 Å². The molecule has 0 spiro atoms. The molecule has 9 nitrogen and oxygen atoms in total. The number of ether oxygens (including phenoxy) is 3. The zero-order valence-electron chi connectivity index (χ0n) is 17.7. The van der Waals surface area contributed by atoms with Gasteiger partial charge in [-0.3, -0.25) is 4.79 Å². The molecule has 11 heteroatoms. The number of carbonyl (C=O) groups is 2. The number of rotatable bonds is 11. The summed E-state index contributed by atoms with van der Waals surface area (Å²) in [6.45, 7) is 4.31. The van der Waals surface area contributed by atoms with E-state index >= 15 is 0 Å². The number of hydrogen-bond donors (Lipinski definition) is 2. The highest BCUT2D eigenvalue weighted by Gasteiger charge is 2.19. The molecule has 0 saturated heterocycles. The molecular weight excluding hydrogens is 443 g/mol. The average molecular weight is 469 g/mol. The largest absolute Gasteiger partial charge is 0.490 e. The highest BCUT2D eigenvalue weighted by Crippen LogP contribution is 2.28. The van der Waals surface area contributed by atoms with Crippen molar-refractivity contribution in [3.63, 3.8) is 0 Å². The molecule has 0 aliphatic rings. The predicted octanol–water partition coefficient (Wildman–Crippen LogP) is 1.79. The molecular formula is C21H25FN2O7S. The second kappa shape index (κ2) is 11.4. The van der Waals surface area contributed by atoms with Crippen LogP contribution in [0, 0.1) is 5.82 Å². The number of primary sulfonamides is 1. The zero-order chi connectivity index (χ0) is 23.7. The molecule has 0 atom stereocenters. The molecule has 2 aromatic rings. The van der Waals surface area contributed by atoms with Gasteiger partial charge in [-0.25, -0.2) is 22.7 Å². The van der Waals surface area contributed by atoms with Gasteiger partial charge >= 0.3 is 5.97 Å². The smallest absolute Gasteiger partial charge is 0.341 e. The minimum atomic E-state index is -4.13. The zero-order valence-corrected chi connectivity index (χ0v) is 18.5. The van der Waals surface area contributed by atoms with Crippen molar-refractivity contribution in [2.45, 2.75) is 25.2 Å². The van der Waals surface area contributed by atoms with Gasteiger partial charge in [-0.1, -0.05) is 6.07 Å². The van der Waals surface area contributed by atoms with E-state index in [0.717, 1.165) is 23.8 Å². The van der Waals surface area contributed by atoms with Crippen molar-refractivity contribution >= 4 is 21.9 Å². The average Bonchev–Trinajstić information content (AvgIpc) is 2.73. The normalized spacial score (nSPS) is 11.0. The second-order valence-corrected chi connectivity index (χ2v) is 8.07. The summed E-state index contributed by atoms with van der Waals surface area (Å²) in [5.41, 5.74) is 0.262. The van der Waals surface area contributed by atoms with E-state index in [0.29, 0.717) is 31.1 Å². The van der Waals surface area contributed by atoms with Gasteiger partial charge < -0.3 is 19.5 Å². The lowest BCUT2D eigenvalue weighted by Crippen LogP contribution is -2.30. The number of carbonyl (C=O) groups excluding carboxylic acids is 2. The molecule has 0 unspecified atom stereocenters. The summed E-state index contributed by atoms with van der Waals surface area (Å²) in [7, 11) is -4.13. The molecule has 174 valence electrons. The van der Waals surface area contributed by atoms with Crippen molar-refractivity contribution in [2.24, 2.45) is 5.14 Å². The first kappa shape index (κ1) is 25.1. The van der Waals surface area contributed by atoms with E-state index in [4.69, 9.17) is 19.3 Å². The van der Waals surface area contributed by atoms with Crippen LogP contribution in [-0.2, 0) is 26.0 Å². The van der Waals surface area contributed by atoms with Crippen molar-refractivity contribution in [1.82, 2.24) is 5.32 Å². The van der Waals surface area contributed by atoms with Gasteiger partial charge in [0.1, 0.15) is 5.82 Å². The summed E-state index contributed by atoms with van der Waals surface area (Å²) in [6, 6.07) is 7.92. The number of amides is 1. The molecule has 0 aliphatic heterocycles. The van der Waals surface area contributed by atoms with Crippen LogP contribution in [0.15, 0.2) is 41.3 Å².